The van der Waals surface area contributed by atoms with Crippen LogP contribution in [0.2, 0.25) is 0 Å². The Morgan fingerprint density at radius 3 is 2.50 bits per heavy atom. The van der Waals surface area contributed by atoms with E-state index in [1.165, 1.54) is 6.42 Å². The molecule has 0 aromatic carbocycles. The molecule has 2 nitrogen and oxygen atoms in total. The minimum atomic E-state index is 0. The quantitative estimate of drug-likeness (QED) is 0.705. The van der Waals surface area contributed by atoms with E-state index in [1.807, 2.05) is 0 Å². The maximum absolute atomic E-state index is 10.9. The van der Waals surface area contributed by atoms with Crippen LogP contribution in [0.15, 0.2) is 0 Å². The molecule has 1 rings (SSSR count). The summed E-state index contributed by atoms with van der Waals surface area (Å²) < 4.78 is 0. The van der Waals surface area contributed by atoms with Crippen molar-refractivity contribution in [3.8, 4) is 0 Å². The SMILES string of the molecule is C.CCCNC1CCC(=O)CC1. The molecule has 0 heterocycles. The first-order valence-corrected chi connectivity index (χ1v) is 4.58. The van der Waals surface area contributed by atoms with E-state index < -0.39 is 0 Å². The van der Waals surface area contributed by atoms with Gasteiger partial charge in [-0.3, -0.25) is 4.79 Å². The summed E-state index contributed by atoms with van der Waals surface area (Å²) >= 11 is 0. The van der Waals surface area contributed by atoms with Crippen molar-refractivity contribution >= 4 is 5.78 Å². The second kappa shape index (κ2) is 6.18. The standard InChI is InChI=1S/C9H17NO.CH4/c1-2-7-10-8-3-5-9(11)6-4-8;/h8,10H,2-7H2,1H3;1H4. The zero-order valence-electron chi connectivity index (χ0n) is 7.23. The van der Waals surface area contributed by atoms with E-state index in [0.29, 0.717) is 11.8 Å². The first-order valence-electron chi connectivity index (χ1n) is 4.58. The molecule has 12 heavy (non-hydrogen) atoms. The second-order valence-electron chi connectivity index (χ2n) is 3.27. The van der Waals surface area contributed by atoms with Crippen LogP contribution in [0.1, 0.15) is 46.5 Å². The third-order valence-corrected chi connectivity index (χ3v) is 2.23. The van der Waals surface area contributed by atoms with Crippen LogP contribution in [0.4, 0.5) is 0 Å². The molecule has 1 aliphatic rings. The first-order chi connectivity index (χ1) is 5.33. The van der Waals surface area contributed by atoms with Gasteiger partial charge >= 0.3 is 0 Å². The topological polar surface area (TPSA) is 29.1 Å². The molecule has 0 bridgehead atoms. The van der Waals surface area contributed by atoms with Gasteiger partial charge in [-0.15, -0.1) is 0 Å². The van der Waals surface area contributed by atoms with Crippen LogP contribution < -0.4 is 5.32 Å². The maximum atomic E-state index is 10.9. The summed E-state index contributed by atoms with van der Waals surface area (Å²) in [5.41, 5.74) is 0. The fourth-order valence-electron chi connectivity index (χ4n) is 1.49. The van der Waals surface area contributed by atoms with Crippen LogP contribution >= 0.6 is 0 Å². The summed E-state index contributed by atoms with van der Waals surface area (Å²) in [6, 6.07) is 0.618. The molecule has 1 saturated carbocycles. The van der Waals surface area contributed by atoms with Gasteiger partial charge in [-0.25, -0.2) is 0 Å². The highest BCUT2D eigenvalue weighted by molar-refractivity contribution is 5.79. The van der Waals surface area contributed by atoms with Crippen LogP contribution in [0.25, 0.3) is 0 Å². The van der Waals surface area contributed by atoms with E-state index in [0.717, 1.165) is 32.2 Å². The molecule has 0 atom stereocenters. The molecule has 0 unspecified atom stereocenters. The molecule has 72 valence electrons. The molecule has 0 amide bonds. The minimum Gasteiger partial charge on any atom is -0.314 e. The van der Waals surface area contributed by atoms with Crippen molar-refractivity contribution in [3.63, 3.8) is 0 Å². The summed E-state index contributed by atoms with van der Waals surface area (Å²) in [6.07, 6.45) is 4.88. The van der Waals surface area contributed by atoms with Gasteiger partial charge in [-0.2, -0.15) is 0 Å². The van der Waals surface area contributed by atoms with E-state index in [9.17, 15) is 4.79 Å². The fourth-order valence-corrected chi connectivity index (χ4v) is 1.49. The molecule has 0 aromatic heterocycles. The number of ketones is 1. The summed E-state index contributed by atoms with van der Waals surface area (Å²) in [6.45, 7) is 3.26. The highest BCUT2D eigenvalue weighted by atomic mass is 16.1. The van der Waals surface area contributed by atoms with Gasteiger partial charge in [-0.05, 0) is 25.8 Å². The average molecular weight is 171 g/mol. The smallest absolute Gasteiger partial charge is 0.133 e. The molecule has 1 fully saturated rings. The van der Waals surface area contributed by atoms with E-state index in [2.05, 4.69) is 12.2 Å². The lowest BCUT2D eigenvalue weighted by Gasteiger charge is -2.21. The van der Waals surface area contributed by atoms with Crippen LogP contribution in [0.3, 0.4) is 0 Å². The van der Waals surface area contributed by atoms with Gasteiger partial charge in [0.2, 0.25) is 0 Å². The van der Waals surface area contributed by atoms with E-state index in [4.69, 9.17) is 0 Å². The van der Waals surface area contributed by atoms with Crippen molar-refractivity contribution in [1.82, 2.24) is 5.32 Å². The highest BCUT2D eigenvalue weighted by Gasteiger charge is 2.16. The zero-order chi connectivity index (χ0) is 8.10. The van der Waals surface area contributed by atoms with Gasteiger partial charge in [-0.1, -0.05) is 14.4 Å². The number of carbonyl (C=O) groups excluding carboxylic acids is 1. The largest absolute Gasteiger partial charge is 0.314 e. The van der Waals surface area contributed by atoms with Crippen LogP contribution in [0, 0.1) is 0 Å². The van der Waals surface area contributed by atoms with Crippen molar-refractivity contribution < 1.29 is 4.79 Å². The van der Waals surface area contributed by atoms with E-state index in [1.54, 1.807) is 0 Å². The number of hydrogen-bond acceptors (Lipinski definition) is 2. The summed E-state index contributed by atoms with van der Waals surface area (Å²) in [7, 11) is 0. The minimum absolute atomic E-state index is 0. The summed E-state index contributed by atoms with van der Waals surface area (Å²) in [4.78, 5) is 10.9. The molecule has 0 saturated heterocycles. The van der Waals surface area contributed by atoms with Gasteiger partial charge in [0.15, 0.2) is 0 Å². The van der Waals surface area contributed by atoms with Gasteiger partial charge in [0.05, 0.1) is 0 Å². The lowest BCUT2D eigenvalue weighted by molar-refractivity contribution is -0.120. The monoisotopic (exact) mass is 171 g/mol. The van der Waals surface area contributed by atoms with Crippen LogP contribution in [-0.4, -0.2) is 18.4 Å². The molecule has 0 aromatic rings. The number of hydrogen-bond donors (Lipinski definition) is 1. The Morgan fingerprint density at radius 1 is 1.42 bits per heavy atom. The molecular formula is C10H21NO. The van der Waals surface area contributed by atoms with Gasteiger partial charge in [0.25, 0.3) is 0 Å². The Bertz CT molecular complexity index is 124. The lowest BCUT2D eigenvalue weighted by atomic mass is 9.94. The van der Waals surface area contributed by atoms with Crippen LogP contribution in [-0.2, 0) is 4.79 Å². The Kier molecular flexibility index (Phi) is 5.99. The third-order valence-electron chi connectivity index (χ3n) is 2.23. The molecule has 2 heteroatoms. The van der Waals surface area contributed by atoms with Crippen molar-refractivity contribution in [2.75, 3.05) is 6.54 Å². The predicted molar refractivity (Wildman–Crippen MR) is 52.3 cm³/mol. The van der Waals surface area contributed by atoms with E-state index in [-0.39, 0.29) is 7.43 Å². The predicted octanol–water partition coefficient (Wildman–Crippen LogP) is 2.13. The first kappa shape index (κ1) is 11.6. The molecule has 1 N–H and O–H groups in total. The fraction of sp³-hybridized carbons (Fsp3) is 0.900. The van der Waals surface area contributed by atoms with Crippen molar-refractivity contribution in [3.05, 3.63) is 0 Å². The summed E-state index contributed by atoms with van der Waals surface area (Å²) in [5.74, 6) is 0.444. The second-order valence-corrected chi connectivity index (χ2v) is 3.27. The van der Waals surface area contributed by atoms with Crippen molar-refractivity contribution in [1.29, 1.82) is 0 Å². The number of carbonyl (C=O) groups is 1. The third kappa shape index (κ3) is 3.86. The highest BCUT2D eigenvalue weighted by Crippen LogP contribution is 2.14. The summed E-state index contributed by atoms with van der Waals surface area (Å²) in [5, 5.41) is 3.44. The van der Waals surface area contributed by atoms with Crippen LogP contribution in [0.5, 0.6) is 0 Å². The Balaban J connectivity index is 0.00000121. The van der Waals surface area contributed by atoms with Crippen molar-refractivity contribution in [2.24, 2.45) is 0 Å². The average Bonchev–Trinajstić information content (AvgIpc) is 2.04. The zero-order valence-corrected chi connectivity index (χ0v) is 7.23. The maximum Gasteiger partial charge on any atom is 0.133 e. The van der Waals surface area contributed by atoms with Gasteiger partial charge in [0, 0.05) is 18.9 Å². The molecular weight excluding hydrogens is 150 g/mol. The lowest BCUT2D eigenvalue weighted by Crippen LogP contribution is -2.33. The molecule has 1 aliphatic carbocycles. The Labute approximate surface area is 75.7 Å². The normalized spacial score (nSPS) is 18.9. The van der Waals surface area contributed by atoms with Gasteiger partial charge in [0.1, 0.15) is 5.78 Å². The van der Waals surface area contributed by atoms with Gasteiger partial charge < -0.3 is 5.32 Å². The Hall–Kier alpha value is -0.370. The number of nitrogens with one attached hydrogen (secondary N) is 1. The Morgan fingerprint density at radius 2 is 2.00 bits per heavy atom. The van der Waals surface area contributed by atoms with Crippen molar-refractivity contribution in [2.45, 2.75) is 52.5 Å². The number of rotatable bonds is 3. The molecule has 0 radical (unpaired) electrons. The molecule has 0 aliphatic heterocycles. The van der Waals surface area contributed by atoms with E-state index >= 15 is 0 Å². The number of Topliss-reactive ketones (excluding diaryl/α,β-unsaturated/α-hetero) is 1. The molecule has 0 spiro atoms.